The number of fused-ring (bicyclic) bond motifs is 1. The van der Waals surface area contributed by atoms with Gasteiger partial charge in [-0.1, -0.05) is 30.3 Å². The topological polar surface area (TPSA) is 91.1 Å². The van der Waals surface area contributed by atoms with Gasteiger partial charge >= 0.3 is 0 Å². The maximum absolute atomic E-state index is 13.7. The molecule has 0 fully saturated rings. The van der Waals surface area contributed by atoms with Crippen LogP contribution in [0.5, 0.6) is 0 Å². The average Bonchev–Trinajstić information content (AvgIpc) is 3.04. The second-order valence-corrected chi connectivity index (χ2v) is 8.79. The number of carbonyl (C=O) groups excluding carboxylic acids is 1. The van der Waals surface area contributed by atoms with Gasteiger partial charge in [-0.15, -0.1) is 0 Å². The van der Waals surface area contributed by atoms with Crippen LogP contribution in [-0.2, 0) is 21.2 Å². The van der Waals surface area contributed by atoms with Crippen molar-refractivity contribution in [3.63, 3.8) is 0 Å². The molecule has 1 heterocycles. The number of halogens is 1. The Morgan fingerprint density at radius 2 is 1.65 bits per heavy atom. The number of amides is 1. The molecule has 0 saturated heterocycles. The van der Waals surface area contributed by atoms with Crippen molar-refractivity contribution in [1.82, 2.24) is 4.98 Å². The Bertz CT molecular complexity index is 1370. The van der Waals surface area contributed by atoms with Crippen LogP contribution in [0.25, 0.3) is 10.9 Å². The zero-order valence-corrected chi connectivity index (χ0v) is 17.5. The molecule has 4 rings (SSSR count). The van der Waals surface area contributed by atoms with Crippen LogP contribution in [0.2, 0.25) is 0 Å². The molecular weight excluding hydrogens is 417 g/mol. The van der Waals surface area contributed by atoms with Gasteiger partial charge in [0.05, 0.1) is 22.7 Å². The number of rotatable bonds is 6. The van der Waals surface area contributed by atoms with E-state index in [2.05, 4.69) is 15.0 Å². The van der Waals surface area contributed by atoms with Crippen LogP contribution in [0, 0.1) is 12.7 Å². The fourth-order valence-electron chi connectivity index (χ4n) is 3.42. The molecule has 0 atom stereocenters. The Balaban J connectivity index is 1.57. The molecule has 0 aliphatic heterocycles. The Kier molecular flexibility index (Phi) is 5.48. The van der Waals surface area contributed by atoms with Crippen molar-refractivity contribution in [2.45, 2.75) is 18.2 Å². The highest BCUT2D eigenvalue weighted by atomic mass is 32.2. The highest BCUT2D eigenvalue weighted by molar-refractivity contribution is 7.92. The fraction of sp³-hybridized carbons (Fsp3) is 0.0870. The van der Waals surface area contributed by atoms with Gasteiger partial charge < -0.3 is 10.3 Å². The fourth-order valence-corrected chi connectivity index (χ4v) is 4.52. The molecule has 4 aromatic rings. The Morgan fingerprint density at radius 3 is 2.39 bits per heavy atom. The number of H-pyrrole nitrogens is 1. The van der Waals surface area contributed by atoms with Gasteiger partial charge in [0.15, 0.2) is 0 Å². The lowest BCUT2D eigenvalue weighted by atomic mass is 10.1. The summed E-state index contributed by atoms with van der Waals surface area (Å²) in [5.74, 6) is -0.728. The summed E-state index contributed by atoms with van der Waals surface area (Å²) in [7, 11) is -3.81. The number of aromatic amines is 1. The molecule has 0 aliphatic carbocycles. The summed E-state index contributed by atoms with van der Waals surface area (Å²) in [6.45, 7) is 1.82. The van der Waals surface area contributed by atoms with E-state index in [1.807, 2.05) is 6.92 Å². The third-order valence-electron chi connectivity index (χ3n) is 4.92. The second kappa shape index (κ2) is 8.23. The molecule has 0 radical (unpaired) electrons. The first-order chi connectivity index (χ1) is 14.8. The van der Waals surface area contributed by atoms with Gasteiger partial charge in [0, 0.05) is 16.6 Å². The van der Waals surface area contributed by atoms with E-state index in [-0.39, 0.29) is 28.7 Å². The van der Waals surface area contributed by atoms with Crippen molar-refractivity contribution >= 4 is 38.2 Å². The number of sulfonamides is 1. The predicted molar refractivity (Wildman–Crippen MR) is 119 cm³/mol. The van der Waals surface area contributed by atoms with Gasteiger partial charge in [0.2, 0.25) is 5.91 Å². The Morgan fingerprint density at radius 1 is 0.968 bits per heavy atom. The van der Waals surface area contributed by atoms with Crippen LogP contribution in [0.3, 0.4) is 0 Å². The minimum atomic E-state index is -3.81. The van der Waals surface area contributed by atoms with E-state index in [0.717, 1.165) is 11.2 Å². The maximum atomic E-state index is 13.7. The van der Waals surface area contributed by atoms with E-state index in [9.17, 15) is 17.6 Å². The van der Waals surface area contributed by atoms with Crippen molar-refractivity contribution in [2.75, 3.05) is 10.0 Å². The first-order valence-electron chi connectivity index (χ1n) is 9.57. The molecule has 8 heteroatoms. The molecule has 6 nitrogen and oxygen atoms in total. The smallest absolute Gasteiger partial charge is 0.261 e. The van der Waals surface area contributed by atoms with Crippen LogP contribution < -0.4 is 10.0 Å². The number of nitrogens with one attached hydrogen (secondary N) is 3. The largest absolute Gasteiger partial charge is 0.358 e. The number of para-hydroxylation sites is 2. The maximum Gasteiger partial charge on any atom is 0.261 e. The van der Waals surface area contributed by atoms with Crippen molar-refractivity contribution in [2.24, 2.45) is 0 Å². The van der Waals surface area contributed by atoms with Crippen LogP contribution in [0.1, 0.15) is 11.3 Å². The number of hydrogen-bond donors (Lipinski definition) is 3. The highest BCUT2D eigenvalue weighted by Crippen LogP contribution is 2.27. The third-order valence-corrected chi connectivity index (χ3v) is 6.30. The lowest BCUT2D eigenvalue weighted by Gasteiger charge is -2.13. The Labute approximate surface area is 179 Å². The molecule has 1 amide bonds. The van der Waals surface area contributed by atoms with Crippen molar-refractivity contribution in [3.05, 3.63) is 89.9 Å². The van der Waals surface area contributed by atoms with Gasteiger partial charge in [0.1, 0.15) is 5.82 Å². The summed E-state index contributed by atoms with van der Waals surface area (Å²) in [5, 5.41) is 3.40. The van der Waals surface area contributed by atoms with Crippen LogP contribution in [-0.4, -0.2) is 19.3 Å². The van der Waals surface area contributed by atoms with Gasteiger partial charge in [-0.3, -0.25) is 9.52 Å². The van der Waals surface area contributed by atoms with Gasteiger partial charge in [-0.2, -0.15) is 0 Å². The molecule has 158 valence electrons. The van der Waals surface area contributed by atoms with Crippen molar-refractivity contribution < 1.29 is 17.6 Å². The number of hydrogen-bond acceptors (Lipinski definition) is 3. The first kappa shape index (κ1) is 20.6. The monoisotopic (exact) mass is 437 g/mol. The average molecular weight is 437 g/mol. The number of benzene rings is 3. The van der Waals surface area contributed by atoms with E-state index in [1.54, 1.807) is 48.5 Å². The summed E-state index contributed by atoms with van der Waals surface area (Å²) in [6.07, 6.45) is 0.00898. The number of carbonyl (C=O) groups is 1. The van der Waals surface area contributed by atoms with Crippen molar-refractivity contribution in [3.8, 4) is 0 Å². The van der Waals surface area contributed by atoms with Gasteiger partial charge in [-0.25, -0.2) is 12.8 Å². The minimum absolute atomic E-state index is 0.00898. The first-order valence-corrected chi connectivity index (χ1v) is 11.1. The van der Waals surface area contributed by atoms with Gasteiger partial charge in [0.25, 0.3) is 10.0 Å². The van der Waals surface area contributed by atoms with E-state index < -0.39 is 10.0 Å². The van der Waals surface area contributed by atoms with Crippen LogP contribution in [0.15, 0.2) is 77.7 Å². The highest BCUT2D eigenvalue weighted by Gasteiger charge is 2.18. The number of anilines is 2. The summed E-state index contributed by atoms with van der Waals surface area (Å²) in [6, 6.07) is 18.9. The lowest BCUT2D eigenvalue weighted by Crippen LogP contribution is -2.18. The van der Waals surface area contributed by atoms with E-state index in [0.29, 0.717) is 16.6 Å². The quantitative estimate of drug-likeness (QED) is 0.412. The SMILES string of the molecule is Cc1[nH]c2ccc(F)cc2c1CC(=O)Nc1ccccc1NS(=O)(=O)c1ccccc1. The zero-order valence-electron chi connectivity index (χ0n) is 16.6. The molecule has 0 bridgehead atoms. The molecule has 0 spiro atoms. The van der Waals surface area contributed by atoms with E-state index in [1.165, 1.54) is 24.3 Å². The molecule has 3 N–H and O–H groups in total. The molecule has 31 heavy (non-hydrogen) atoms. The standard InChI is InChI=1S/C23H20FN3O3S/c1-15-18(19-13-16(24)11-12-20(19)25-15)14-23(28)26-21-9-5-6-10-22(21)27-31(29,30)17-7-3-2-4-8-17/h2-13,25,27H,14H2,1H3,(H,26,28). The summed E-state index contributed by atoms with van der Waals surface area (Å²) in [5.41, 5.74) is 2.79. The molecular formula is C23H20FN3O3S. The second-order valence-electron chi connectivity index (χ2n) is 7.11. The minimum Gasteiger partial charge on any atom is -0.358 e. The number of aryl methyl sites for hydroxylation is 1. The van der Waals surface area contributed by atoms with E-state index >= 15 is 0 Å². The van der Waals surface area contributed by atoms with Crippen LogP contribution in [0.4, 0.5) is 15.8 Å². The normalized spacial score (nSPS) is 11.4. The van der Waals surface area contributed by atoms with Gasteiger partial charge in [-0.05, 0) is 55.0 Å². The lowest BCUT2D eigenvalue weighted by molar-refractivity contribution is -0.115. The molecule has 0 saturated carbocycles. The molecule has 0 unspecified atom stereocenters. The number of aromatic nitrogens is 1. The summed E-state index contributed by atoms with van der Waals surface area (Å²) in [4.78, 5) is 16.0. The van der Waals surface area contributed by atoms with E-state index in [4.69, 9.17) is 0 Å². The van der Waals surface area contributed by atoms with Crippen LogP contribution >= 0.6 is 0 Å². The molecule has 3 aromatic carbocycles. The Hall–Kier alpha value is -3.65. The summed E-state index contributed by atoms with van der Waals surface area (Å²) < 4.78 is 41.5. The zero-order chi connectivity index (χ0) is 22.0. The predicted octanol–water partition coefficient (Wildman–Crippen LogP) is 4.60. The molecule has 0 aliphatic rings. The summed E-state index contributed by atoms with van der Waals surface area (Å²) >= 11 is 0. The van der Waals surface area contributed by atoms with Crippen molar-refractivity contribution in [1.29, 1.82) is 0 Å². The molecule has 1 aromatic heterocycles. The third kappa shape index (κ3) is 4.44.